The molecule has 0 radical (unpaired) electrons. The molecule has 0 heterocycles. The van der Waals surface area contributed by atoms with Crippen molar-refractivity contribution in [1.82, 2.24) is 0 Å². The van der Waals surface area contributed by atoms with Crippen LogP contribution in [0.15, 0.2) is 35.5 Å². The maximum Gasteiger partial charge on any atom is 0.310 e. The number of fused-ring (bicyclic) bond motifs is 1. The van der Waals surface area contributed by atoms with E-state index in [0.29, 0.717) is 5.92 Å². The van der Waals surface area contributed by atoms with Gasteiger partial charge >= 0.3 is 5.97 Å². The van der Waals surface area contributed by atoms with Crippen LogP contribution in [0.5, 0.6) is 0 Å². The Morgan fingerprint density at radius 3 is 3.00 bits per heavy atom. The molecule has 2 aliphatic carbocycles. The second-order valence-electron chi connectivity index (χ2n) is 4.36. The monoisotopic (exact) mass is 234 g/mol. The van der Waals surface area contributed by atoms with Crippen molar-refractivity contribution in [2.45, 2.75) is 19.8 Å². The third-order valence-electron chi connectivity index (χ3n) is 3.26. The lowest BCUT2D eigenvalue weighted by Crippen LogP contribution is -2.19. The quantitative estimate of drug-likeness (QED) is 0.746. The highest BCUT2D eigenvalue weighted by Gasteiger charge is 2.25. The summed E-state index contributed by atoms with van der Waals surface area (Å²) >= 11 is 5.15. The third kappa shape index (κ3) is 2.14. The largest absolute Gasteiger partial charge is 0.481 e. The molecular formula is C13H14O2S. The fourth-order valence-corrected chi connectivity index (χ4v) is 2.38. The summed E-state index contributed by atoms with van der Waals surface area (Å²) in [5.41, 5.74) is 2.31. The minimum atomic E-state index is -0.751. The van der Waals surface area contributed by atoms with Crippen LogP contribution in [-0.4, -0.2) is 15.9 Å². The van der Waals surface area contributed by atoms with E-state index in [4.69, 9.17) is 17.3 Å². The van der Waals surface area contributed by atoms with Crippen LogP contribution in [0.25, 0.3) is 0 Å². The molecule has 0 aromatic carbocycles. The third-order valence-corrected chi connectivity index (χ3v) is 3.54. The number of carbonyl (C=O) groups is 1. The predicted octanol–water partition coefficient (Wildman–Crippen LogP) is 2.91. The highest BCUT2D eigenvalue weighted by atomic mass is 32.1. The van der Waals surface area contributed by atoms with E-state index in [9.17, 15) is 4.79 Å². The Bertz CT molecular complexity index is 429. The van der Waals surface area contributed by atoms with Crippen LogP contribution in [0, 0.1) is 11.8 Å². The zero-order valence-corrected chi connectivity index (χ0v) is 9.96. The minimum absolute atomic E-state index is 0.355. The first kappa shape index (κ1) is 11.3. The molecule has 0 aromatic rings. The van der Waals surface area contributed by atoms with E-state index >= 15 is 0 Å². The van der Waals surface area contributed by atoms with E-state index in [1.807, 2.05) is 18.2 Å². The van der Waals surface area contributed by atoms with Crippen molar-refractivity contribution >= 4 is 23.1 Å². The van der Waals surface area contributed by atoms with Crippen LogP contribution in [0.4, 0.5) is 0 Å². The summed E-state index contributed by atoms with van der Waals surface area (Å²) in [6.07, 6.45) is 9.73. The average molecular weight is 234 g/mol. The van der Waals surface area contributed by atoms with Crippen LogP contribution in [0.2, 0.25) is 0 Å². The van der Waals surface area contributed by atoms with Crippen LogP contribution in [0.3, 0.4) is 0 Å². The van der Waals surface area contributed by atoms with Gasteiger partial charge in [0.25, 0.3) is 0 Å². The van der Waals surface area contributed by atoms with Gasteiger partial charge in [0.1, 0.15) is 0 Å². The van der Waals surface area contributed by atoms with E-state index < -0.39 is 5.97 Å². The second kappa shape index (κ2) is 4.34. The molecule has 2 rings (SSSR count). The number of aliphatic carboxylic acids is 1. The first-order chi connectivity index (χ1) is 7.58. The average Bonchev–Trinajstić information content (AvgIpc) is 2.27. The zero-order valence-electron chi connectivity index (χ0n) is 9.14. The van der Waals surface area contributed by atoms with Crippen LogP contribution in [-0.2, 0) is 4.79 Å². The molecule has 0 amide bonds. The Morgan fingerprint density at radius 1 is 1.56 bits per heavy atom. The van der Waals surface area contributed by atoms with Gasteiger partial charge in [-0.15, -0.1) is 0 Å². The number of carboxylic acids is 1. The van der Waals surface area contributed by atoms with Crippen molar-refractivity contribution in [2.75, 3.05) is 0 Å². The molecule has 2 nitrogen and oxygen atoms in total. The SMILES string of the molecule is CC(C(=O)O)C1=CC=C2CC(=S)C=CC2C1. The molecule has 0 fully saturated rings. The summed E-state index contributed by atoms with van der Waals surface area (Å²) in [4.78, 5) is 11.9. The van der Waals surface area contributed by atoms with Gasteiger partial charge in [-0.3, -0.25) is 4.79 Å². The van der Waals surface area contributed by atoms with Gasteiger partial charge in [0.15, 0.2) is 0 Å². The highest BCUT2D eigenvalue weighted by molar-refractivity contribution is 7.80. The first-order valence-electron chi connectivity index (χ1n) is 5.41. The van der Waals surface area contributed by atoms with E-state index in [1.165, 1.54) is 5.57 Å². The lowest BCUT2D eigenvalue weighted by molar-refractivity contribution is -0.139. The first-order valence-corrected chi connectivity index (χ1v) is 5.82. The lowest BCUT2D eigenvalue weighted by Gasteiger charge is -2.27. The summed E-state index contributed by atoms with van der Waals surface area (Å²) < 4.78 is 0. The molecule has 16 heavy (non-hydrogen) atoms. The second-order valence-corrected chi connectivity index (χ2v) is 4.88. The number of allylic oxidation sites excluding steroid dienone is 5. The molecule has 0 saturated carbocycles. The van der Waals surface area contributed by atoms with E-state index in [0.717, 1.165) is 23.3 Å². The number of rotatable bonds is 2. The molecule has 0 spiro atoms. The molecule has 1 N–H and O–H groups in total. The summed E-state index contributed by atoms with van der Waals surface area (Å²) in [7, 11) is 0. The number of carboxylic acid groups (broad SMARTS) is 1. The van der Waals surface area contributed by atoms with Crippen molar-refractivity contribution in [3.63, 3.8) is 0 Å². The summed E-state index contributed by atoms with van der Waals surface area (Å²) in [5.74, 6) is -0.785. The van der Waals surface area contributed by atoms with Gasteiger partial charge in [-0.05, 0) is 13.3 Å². The van der Waals surface area contributed by atoms with Gasteiger partial charge in [-0.25, -0.2) is 0 Å². The van der Waals surface area contributed by atoms with E-state index in [-0.39, 0.29) is 5.92 Å². The van der Waals surface area contributed by atoms with Gasteiger partial charge in [-0.2, -0.15) is 0 Å². The van der Waals surface area contributed by atoms with Crippen molar-refractivity contribution in [3.8, 4) is 0 Å². The maximum atomic E-state index is 10.9. The molecule has 0 aromatic heterocycles. The normalized spacial score (nSPS) is 25.6. The Labute approximate surface area is 100 Å². The van der Waals surface area contributed by atoms with Gasteiger partial charge in [-0.1, -0.05) is 47.7 Å². The zero-order chi connectivity index (χ0) is 11.7. The number of hydrogen-bond donors (Lipinski definition) is 1. The van der Waals surface area contributed by atoms with Gasteiger partial charge in [0.05, 0.1) is 5.92 Å². The smallest absolute Gasteiger partial charge is 0.310 e. The minimum Gasteiger partial charge on any atom is -0.481 e. The van der Waals surface area contributed by atoms with E-state index in [1.54, 1.807) is 6.92 Å². The highest BCUT2D eigenvalue weighted by Crippen LogP contribution is 2.34. The molecule has 2 unspecified atom stereocenters. The summed E-state index contributed by atoms with van der Waals surface area (Å²) in [6, 6.07) is 0. The van der Waals surface area contributed by atoms with Crippen molar-refractivity contribution in [1.29, 1.82) is 0 Å². The molecule has 0 saturated heterocycles. The van der Waals surface area contributed by atoms with Gasteiger partial charge in [0.2, 0.25) is 0 Å². The van der Waals surface area contributed by atoms with E-state index in [2.05, 4.69) is 6.08 Å². The van der Waals surface area contributed by atoms with Gasteiger partial charge < -0.3 is 5.11 Å². The van der Waals surface area contributed by atoms with Crippen molar-refractivity contribution in [3.05, 3.63) is 35.5 Å². The number of thiocarbonyl (C=S) groups is 1. The van der Waals surface area contributed by atoms with Crippen molar-refractivity contribution in [2.24, 2.45) is 11.8 Å². The summed E-state index contributed by atoms with van der Waals surface area (Å²) in [6.45, 7) is 1.74. The standard InChI is InChI=1S/C13H14O2S/c1-8(13(14)15)9-2-3-11-7-12(16)5-4-10(11)6-9/h2-5,8,10H,6-7H2,1H3,(H,14,15). The molecule has 0 bridgehead atoms. The molecule has 2 aliphatic rings. The Morgan fingerprint density at radius 2 is 2.31 bits per heavy atom. The summed E-state index contributed by atoms with van der Waals surface area (Å²) in [5, 5.41) is 8.97. The topological polar surface area (TPSA) is 37.3 Å². The lowest BCUT2D eigenvalue weighted by atomic mass is 9.78. The van der Waals surface area contributed by atoms with Gasteiger partial charge in [0, 0.05) is 17.2 Å². The predicted molar refractivity (Wildman–Crippen MR) is 67.4 cm³/mol. The molecule has 0 aliphatic heterocycles. The van der Waals surface area contributed by atoms with Crippen LogP contribution >= 0.6 is 12.2 Å². The molecule has 3 heteroatoms. The maximum absolute atomic E-state index is 10.9. The Balaban J connectivity index is 2.21. The fourth-order valence-electron chi connectivity index (χ4n) is 2.14. The fraction of sp³-hybridized carbons (Fsp3) is 0.385. The van der Waals surface area contributed by atoms with Crippen LogP contribution in [0.1, 0.15) is 19.8 Å². The van der Waals surface area contributed by atoms with Crippen LogP contribution < -0.4 is 0 Å². The number of hydrogen-bond acceptors (Lipinski definition) is 2. The van der Waals surface area contributed by atoms with Crippen molar-refractivity contribution < 1.29 is 9.90 Å². The Hall–Kier alpha value is -1.22. The molecular weight excluding hydrogens is 220 g/mol. The molecule has 2 atom stereocenters. The Kier molecular flexibility index (Phi) is 3.06. The molecule has 84 valence electrons.